The van der Waals surface area contributed by atoms with E-state index in [1.165, 1.54) is 17.0 Å². The number of carbonyl (C=O) groups is 1. The summed E-state index contributed by atoms with van der Waals surface area (Å²) in [6.07, 6.45) is 0. The molecule has 3 nitrogen and oxygen atoms in total. The highest BCUT2D eigenvalue weighted by Crippen LogP contribution is 2.20. The number of halogens is 2. The second kappa shape index (κ2) is 5.65. The molecule has 1 amide bonds. The van der Waals surface area contributed by atoms with Crippen molar-refractivity contribution in [2.24, 2.45) is 11.8 Å². The van der Waals surface area contributed by atoms with E-state index in [4.69, 9.17) is 0 Å². The van der Waals surface area contributed by atoms with Gasteiger partial charge in [-0.2, -0.15) is 0 Å². The molecular formula is C14H18F2N2O. The number of benzene rings is 1. The largest absolute Gasteiger partial charge is 0.341 e. The molecular weight excluding hydrogens is 250 g/mol. The number of amides is 1. The SMILES string of the molecule is C[C@@H]1CNC[C@H]1C(=O)N(C)Cc1ccc(F)cc1F. The third-order valence-electron chi connectivity index (χ3n) is 3.63. The Balaban J connectivity index is 2.04. The average molecular weight is 268 g/mol. The standard InChI is InChI=1S/C14H18F2N2O/c1-9-6-17-7-12(9)14(19)18(2)8-10-3-4-11(15)5-13(10)16/h3-5,9,12,17H,6-8H2,1-2H3/t9-,12-/m1/s1. The van der Waals surface area contributed by atoms with Gasteiger partial charge in [0.2, 0.25) is 5.91 Å². The molecule has 1 aliphatic heterocycles. The monoisotopic (exact) mass is 268 g/mol. The van der Waals surface area contributed by atoms with Gasteiger partial charge in [-0.25, -0.2) is 8.78 Å². The lowest BCUT2D eigenvalue weighted by atomic mass is 9.96. The number of hydrogen-bond acceptors (Lipinski definition) is 2. The molecule has 0 bridgehead atoms. The van der Waals surface area contributed by atoms with Gasteiger partial charge >= 0.3 is 0 Å². The molecule has 2 rings (SSSR count). The minimum Gasteiger partial charge on any atom is -0.341 e. The molecule has 19 heavy (non-hydrogen) atoms. The number of carbonyl (C=O) groups excluding carboxylic acids is 1. The van der Waals surface area contributed by atoms with Crippen LogP contribution in [0.25, 0.3) is 0 Å². The Morgan fingerprint density at radius 2 is 2.16 bits per heavy atom. The summed E-state index contributed by atoms with van der Waals surface area (Å²) in [6, 6.07) is 3.43. The van der Waals surface area contributed by atoms with Crippen molar-refractivity contribution in [3.8, 4) is 0 Å². The van der Waals surface area contributed by atoms with Crippen LogP contribution in [0.2, 0.25) is 0 Å². The zero-order chi connectivity index (χ0) is 14.0. The van der Waals surface area contributed by atoms with Gasteiger partial charge in [0, 0.05) is 31.8 Å². The van der Waals surface area contributed by atoms with Crippen LogP contribution in [0.5, 0.6) is 0 Å². The quantitative estimate of drug-likeness (QED) is 0.906. The van der Waals surface area contributed by atoms with E-state index in [1.807, 2.05) is 6.92 Å². The van der Waals surface area contributed by atoms with Gasteiger partial charge in [0.15, 0.2) is 0 Å². The minimum atomic E-state index is -0.614. The number of nitrogens with zero attached hydrogens (tertiary/aromatic N) is 1. The fourth-order valence-corrected chi connectivity index (χ4v) is 2.41. The predicted octanol–water partition coefficient (Wildman–Crippen LogP) is 1.78. The van der Waals surface area contributed by atoms with Crippen LogP contribution in [0.4, 0.5) is 8.78 Å². The van der Waals surface area contributed by atoms with Crippen molar-refractivity contribution in [1.82, 2.24) is 10.2 Å². The summed E-state index contributed by atoms with van der Waals surface area (Å²) in [6.45, 7) is 3.68. The first-order valence-corrected chi connectivity index (χ1v) is 6.38. The molecule has 1 aliphatic rings. The highest BCUT2D eigenvalue weighted by atomic mass is 19.1. The highest BCUT2D eigenvalue weighted by Gasteiger charge is 2.31. The van der Waals surface area contributed by atoms with Crippen LogP contribution >= 0.6 is 0 Å². The molecule has 1 heterocycles. The minimum absolute atomic E-state index is 0.00113. The third-order valence-corrected chi connectivity index (χ3v) is 3.63. The van der Waals surface area contributed by atoms with Gasteiger partial charge in [0.05, 0.1) is 5.92 Å². The molecule has 5 heteroatoms. The van der Waals surface area contributed by atoms with E-state index in [0.29, 0.717) is 12.1 Å². The second-order valence-corrected chi connectivity index (χ2v) is 5.17. The van der Waals surface area contributed by atoms with Crippen molar-refractivity contribution in [1.29, 1.82) is 0 Å². The van der Waals surface area contributed by atoms with Crippen LogP contribution in [0, 0.1) is 23.5 Å². The topological polar surface area (TPSA) is 32.3 Å². The number of rotatable bonds is 3. The molecule has 2 atom stereocenters. The van der Waals surface area contributed by atoms with Crippen LogP contribution in [0.15, 0.2) is 18.2 Å². The highest BCUT2D eigenvalue weighted by molar-refractivity contribution is 5.79. The van der Waals surface area contributed by atoms with E-state index in [2.05, 4.69) is 5.32 Å². The average Bonchev–Trinajstić information content (AvgIpc) is 2.78. The van der Waals surface area contributed by atoms with Crippen LogP contribution in [0.3, 0.4) is 0 Å². The van der Waals surface area contributed by atoms with Gasteiger partial charge in [-0.15, -0.1) is 0 Å². The van der Waals surface area contributed by atoms with Gasteiger partial charge in [-0.1, -0.05) is 13.0 Å². The Kier molecular flexibility index (Phi) is 4.14. The van der Waals surface area contributed by atoms with E-state index in [0.717, 1.165) is 12.6 Å². The Labute approximate surface area is 111 Å². The molecule has 0 spiro atoms. The maximum atomic E-state index is 13.5. The van der Waals surface area contributed by atoms with E-state index >= 15 is 0 Å². The maximum Gasteiger partial charge on any atom is 0.227 e. The number of hydrogen-bond donors (Lipinski definition) is 1. The van der Waals surface area contributed by atoms with E-state index < -0.39 is 11.6 Å². The van der Waals surface area contributed by atoms with Crippen molar-refractivity contribution in [3.63, 3.8) is 0 Å². The van der Waals surface area contributed by atoms with E-state index in [-0.39, 0.29) is 24.3 Å². The summed E-state index contributed by atoms with van der Waals surface area (Å²) >= 11 is 0. The second-order valence-electron chi connectivity index (χ2n) is 5.17. The van der Waals surface area contributed by atoms with Crippen molar-refractivity contribution in [3.05, 3.63) is 35.4 Å². The first kappa shape index (κ1) is 13.9. The molecule has 0 radical (unpaired) electrons. The normalized spacial score (nSPS) is 22.5. The van der Waals surface area contributed by atoms with E-state index in [9.17, 15) is 13.6 Å². The summed E-state index contributed by atoms with van der Waals surface area (Å²) in [7, 11) is 1.65. The summed E-state index contributed by atoms with van der Waals surface area (Å²) in [5.74, 6) is -0.996. The van der Waals surface area contributed by atoms with Crippen molar-refractivity contribution in [2.75, 3.05) is 20.1 Å². The number of nitrogens with one attached hydrogen (secondary N) is 1. The van der Waals surface area contributed by atoms with Crippen LogP contribution in [0.1, 0.15) is 12.5 Å². The molecule has 1 aromatic rings. The summed E-state index contributed by atoms with van der Waals surface area (Å²) in [5.41, 5.74) is 0.329. The lowest BCUT2D eigenvalue weighted by Crippen LogP contribution is -2.35. The fraction of sp³-hybridized carbons (Fsp3) is 0.500. The first-order valence-electron chi connectivity index (χ1n) is 6.38. The lowest BCUT2D eigenvalue weighted by molar-refractivity contribution is -0.135. The van der Waals surface area contributed by atoms with Crippen LogP contribution in [-0.4, -0.2) is 30.9 Å². The Morgan fingerprint density at radius 1 is 1.42 bits per heavy atom. The lowest BCUT2D eigenvalue weighted by Gasteiger charge is -2.23. The molecule has 0 aliphatic carbocycles. The van der Waals surface area contributed by atoms with Crippen molar-refractivity contribution < 1.29 is 13.6 Å². The Morgan fingerprint density at radius 3 is 2.74 bits per heavy atom. The van der Waals surface area contributed by atoms with Crippen molar-refractivity contribution >= 4 is 5.91 Å². The Bertz CT molecular complexity index is 479. The maximum absolute atomic E-state index is 13.5. The van der Waals surface area contributed by atoms with Gasteiger partial charge in [-0.3, -0.25) is 4.79 Å². The van der Waals surface area contributed by atoms with Gasteiger partial charge < -0.3 is 10.2 Å². The molecule has 1 aromatic carbocycles. The van der Waals surface area contributed by atoms with E-state index in [1.54, 1.807) is 7.05 Å². The fourth-order valence-electron chi connectivity index (χ4n) is 2.41. The third kappa shape index (κ3) is 3.10. The smallest absolute Gasteiger partial charge is 0.227 e. The van der Waals surface area contributed by atoms with Gasteiger partial charge in [0.1, 0.15) is 11.6 Å². The first-order chi connectivity index (χ1) is 8.99. The molecule has 1 saturated heterocycles. The zero-order valence-corrected chi connectivity index (χ0v) is 11.1. The molecule has 1 fully saturated rings. The molecule has 104 valence electrons. The van der Waals surface area contributed by atoms with Crippen LogP contribution < -0.4 is 5.32 Å². The van der Waals surface area contributed by atoms with Crippen molar-refractivity contribution in [2.45, 2.75) is 13.5 Å². The zero-order valence-electron chi connectivity index (χ0n) is 11.1. The van der Waals surface area contributed by atoms with Gasteiger partial charge in [-0.05, 0) is 18.5 Å². The van der Waals surface area contributed by atoms with Crippen LogP contribution in [-0.2, 0) is 11.3 Å². The summed E-state index contributed by atoms with van der Waals surface area (Å²) in [5, 5.41) is 3.17. The van der Waals surface area contributed by atoms with Gasteiger partial charge in [0.25, 0.3) is 0 Å². The Hall–Kier alpha value is -1.49. The summed E-state index contributed by atoms with van der Waals surface area (Å²) in [4.78, 5) is 13.7. The molecule has 0 aromatic heterocycles. The summed E-state index contributed by atoms with van der Waals surface area (Å²) < 4.78 is 26.3. The predicted molar refractivity (Wildman–Crippen MR) is 68.4 cm³/mol. The molecule has 0 unspecified atom stereocenters. The molecule has 0 saturated carbocycles. The molecule has 1 N–H and O–H groups in total.